The molecular formula is C19H21NO2S. The van der Waals surface area contributed by atoms with E-state index in [2.05, 4.69) is 30.4 Å². The Labute approximate surface area is 141 Å². The van der Waals surface area contributed by atoms with Gasteiger partial charge in [0.2, 0.25) is 5.91 Å². The second-order valence-corrected chi connectivity index (χ2v) is 6.76. The molecule has 23 heavy (non-hydrogen) atoms. The Morgan fingerprint density at radius 1 is 1.22 bits per heavy atom. The highest BCUT2D eigenvalue weighted by atomic mass is 32.2. The van der Waals surface area contributed by atoms with Crippen LogP contribution in [-0.4, -0.2) is 24.3 Å². The van der Waals surface area contributed by atoms with E-state index in [-0.39, 0.29) is 12.0 Å². The molecule has 0 saturated heterocycles. The van der Waals surface area contributed by atoms with E-state index in [1.807, 2.05) is 30.3 Å². The third-order valence-corrected chi connectivity index (χ3v) is 4.97. The molecule has 1 amide bonds. The summed E-state index contributed by atoms with van der Waals surface area (Å²) in [6.45, 7) is 2.67. The Kier molecular flexibility index (Phi) is 5.23. The number of hydrogen-bond acceptors (Lipinski definition) is 3. The predicted octanol–water partition coefficient (Wildman–Crippen LogP) is 3.35. The van der Waals surface area contributed by atoms with E-state index < -0.39 is 0 Å². The lowest BCUT2D eigenvalue weighted by Crippen LogP contribution is -2.35. The van der Waals surface area contributed by atoms with Gasteiger partial charge in [-0.05, 0) is 29.7 Å². The van der Waals surface area contributed by atoms with Crippen LogP contribution >= 0.6 is 11.8 Å². The van der Waals surface area contributed by atoms with Crippen molar-refractivity contribution in [2.45, 2.75) is 25.2 Å². The number of ether oxygens (including phenoxy) is 1. The normalized spacial score (nSPS) is 15.8. The number of thioether (sulfide) groups is 1. The molecule has 3 rings (SSSR count). The van der Waals surface area contributed by atoms with Crippen LogP contribution in [-0.2, 0) is 17.0 Å². The van der Waals surface area contributed by atoms with Crippen LogP contribution in [0, 0.1) is 6.92 Å². The summed E-state index contributed by atoms with van der Waals surface area (Å²) >= 11 is 1.65. The van der Waals surface area contributed by atoms with Gasteiger partial charge < -0.3 is 10.1 Å². The van der Waals surface area contributed by atoms with Crippen LogP contribution in [0.15, 0.2) is 48.5 Å². The van der Waals surface area contributed by atoms with Crippen molar-refractivity contribution in [3.8, 4) is 5.75 Å². The number of amides is 1. The summed E-state index contributed by atoms with van der Waals surface area (Å²) in [5, 5.41) is 2.98. The van der Waals surface area contributed by atoms with Crippen LogP contribution in [0.2, 0.25) is 0 Å². The maximum Gasteiger partial charge on any atom is 0.230 e. The molecule has 2 aromatic carbocycles. The Balaban J connectivity index is 1.37. The van der Waals surface area contributed by atoms with Gasteiger partial charge in [-0.25, -0.2) is 0 Å². The molecule has 1 atom stereocenters. The summed E-state index contributed by atoms with van der Waals surface area (Å²) in [6, 6.07) is 16.3. The number of carbonyl (C=O) groups is 1. The zero-order valence-corrected chi connectivity index (χ0v) is 14.1. The van der Waals surface area contributed by atoms with Gasteiger partial charge >= 0.3 is 0 Å². The lowest BCUT2D eigenvalue weighted by Gasteiger charge is -2.12. The third kappa shape index (κ3) is 4.29. The zero-order valence-electron chi connectivity index (χ0n) is 13.2. The standard InChI is InChI=1S/C19H21NO2S/c1-14-6-2-3-8-16(14)12-23-13-19(21)20-11-17-10-15-7-4-5-9-18(15)22-17/h2-9,17H,10-13H2,1H3,(H,20,21). The lowest BCUT2D eigenvalue weighted by molar-refractivity contribution is -0.118. The summed E-state index contributed by atoms with van der Waals surface area (Å²) in [6.07, 6.45) is 0.921. The molecule has 0 saturated carbocycles. The fourth-order valence-corrected chi connectivity index (χ4v) is 3.61. The average molecular weight is 327 g/mol. The van der Waals surface area contributed by atoms with Crippen molar-refractivity contribution < 1.29 is 9.53 Å². The number of carbonyl (C=O) groups excluding carboxylic acids is 1. The molecule has 3 nitrogen and oxygen atoms in total. The van der Waals surface area contributed by atoms with E-state index in [1.54, 1.807) is 11.8 Å². The van der Waals surface area contributed by atoms with E-state index in [0.29, 0.717) is 12.3 Å². The number of hydrogen-bond donors (Lipinski definition) is 1. The van der Waals surface area contributed by atoms with Gasteiger partial charge in [0.1, 0.15) is 11.9 Å². The van der Waals surface area contributed by atoms with E-state index in [0.717, 1.165) is 17.9 Å². The van der Waals surface area contributed by atoms with E-state index in [9.17, 15) is 4.79 Å². The van der Waals surface area contributed by atoms with Crippen molar-refractivity contribution >= 4 is 17.7 Å². The maximum atomic E-state index is 12.0. The molecule has 0 aromatic heterocycles. The Morgan fingerprint density at radius 3 is 2.83 bits per heavy atom. The average Bonchev–Trinajstić information content (AvgIpc) is 2.98. The minimum Gasteiger partial charge on any atom is -0.488 e. The number of para-hydroxylation sites is 1. The van der Waals surface area contributed by atoms with Crippen LogP contribution in [0.4, 0.5) is 0 Å². The van der Waals surface area contributed by atoms with Gasteiger partial charge in [0.15, 0.2) is 0 Å². The Hall–Kier alpha value is -1.94. The first-order chi connectivity index (χ1) is 11.2. The smallest absolute Gasteiger partial charge is 0.230 e. The largest absolute Gasteiger partial charge is 0.488 e. The summed E-state index contributed by atoms with van der Waals surface area (Å²) < 4.78 is 5.83. The van der Waals surface area contributed by atoms with Gasteiger partial charge in [-0.2, -0.15) is 0 Å². The Morgan fingerprint density at radius 2 is 2.00 bits per heavy atom. The second-order valence-electron chi connectivity index (χ2n) is 5.78. The van der Waals surface area contributed by atoms with Crippen molar-refractivity contribution in [2.24, 2.45) is 0 Å². The van der Waals surface area contributed by atoms with Crippen LogP contribution in [0.25, 0.3) is 0 Å². The maximum absolute atomic E-state index is 12.0. The summed E-state index contributed by atoms with van der Waals surface area (Å²) in [5.41, 5.74) is 3.79. The van der Waals surface area contributed by atoms with Gasteiger partial charge in [-0.15, -0.1) is 11.8 Å². The molecule has 120 valence electrons. The number of benzene rings is 2. The van der Waals surface area contributed by atoms with E-state index in [4.69, 9.17) is 4.74 Å². The fraction of sp³-hybridized carbons (Fsp3) is 0.316. The highest BCUT2D eigenvalue weighted by Gasteiger charge is 2.22. The first-order valence-electron chi connectivity index (χ1n) is 7.86. The topological polar surface area (TPSA) is 38.3 Å². The van der Waals surface area contributed by atoms with E-state index >= 15 is 0 Å². The highest BCUT2D eigenvalue weighted by molar-refractivity contribution is 7.99. The molecule has 0 aliphatic carbocycles. The zero-order chi connectivity index (χ0) is 16.1. The van der Waals surface area contributed by atoms with Crippen molar-refractivity contribution in [2.75, 3.05) is 12.3 Å². The van der Waals surface area contributed by atoms with Gasteiger partial charge in [-0.3, -0.25) is 4.79 Å². The minimum atomic E-state index is 0.0534. The lowest BCUT2D eigenvalue weighted by atomic mass is 10.1. The number of fused-ring (bicyclic) bond motifs is 1. The van der Waals surface area contributed by atoms with Gasteiger partial charge in [0.05, 0.1) is 12.3 Å². The van der Waals surface area contributed by atoms with E-state index in [1.165, 1.54) is 16.7 Å². The first-order valence-corrected chi connectivity index (χ1v) is 9.01. The molecule has 1 aliphatic rings. The summed E-state index contributed by atoms with van der Waals surface area (Å²) in [5.74, 6) is 2.36. The second kappa shape index (κ2) is 7.55. The SMILES string of the molecule is Cc1ccccc1CSCC(=O)NCC1Cc2ccccc2O1. The number of nitrogens with one attached hydrogen (secondary N) is 1. The number of aryl methyl sites for hydroxylation is 1. The summed E-state index contributed by atoms with van der Waals surface area (Å²) in [7, 11) is 0. The molecule has 2 aromatic rings. The number of rotatable bonds is 6. The van der Waals surface area contributed by atoms with Crippen molar-refractivity contribution in [3.05, 3.63) is 65.2 Å². The van der Waals surface area contributed by atoms with Gasteiger partial charge in [-0.1, -0.05) is 42.5 Å². The van der Waals surface area contributed by atoms with Crippen molar-refractivity contribution in [1.29, 1.82) is 0 Å². The first kappa shape index (κ1) is 15.9. The molecular weight excluding hydrogens is 306 g/mol. The molecule has 1 unspecified atom stereocenters. The molecule has 0 bridgehead atoms. The molecule has 1 N–H and O–H groups in total. The molecule has 1 heterocycles. The quantitative estimate of drug-likeness (QED) is 0.884. The molecule has 1 aliphatic heterocycles. The van der Waals surface area contributed by atoms with Crippen molar-refractivity contribution in [3.63, 3.8) is 0 Å². The highest BCUT2D eigenvalue weighted by Crippen LogP contribution is 2.27. The molecule has 0 spiro atoms. The predicted molar refractivity (Wildman–Crippen MR) is 94.9 cm³/mol. The molecule has 4 heteroatoms. The third-order valence-electron chi connectivity index (χ3n) is 3.99. The molecule has 0 radical (unpaired) electrons. The summed E-state index contributed by atoms with van der Waals surface area (Å²) in [4.78, 5) is 12.0. The monoisotopic (exact) mass is 327 g/mol. The van der Waals surface area contributed by atoms with Crippen LogP contribution in [0.3, 0.4) is 0 Å². The molecule has 0 fully saturated rings. The van der Waals surface area contributed by atoms with Gasteiger partial charge in [0.25, 0.3) is 0 Å². The van der Waals surface area contributed by atoms with Crippen LogP contribution < -0.4 is 10.1 Å². The van der Waals surface area contributed by atoms with Crippen LogP contribution in [0.5, 0.6) is 5.75 Å². The fourth-order valence-electron chi connectivity index (χ4n) is 2.67. The van der Waals surface area contributed by atoms with Crippen LogP contribution in [0.1, 0.15) is 16.7 Å². The van der Waals surface area contributed by atoms with Crippen molar-refractivity contribution in [1.82, 2.24) is 5.32 Å². The minimum absolute atomic E-state index is 0.0534. The Bertz CT molecular complexity index is 662. The van der Waals surface area contributed by atoms with Gasteiger partial charge in [0, 0.05) is 12.2 Å².